The van der Waals surface area contributed by atoms with Gasteiger partial charge in [-0.1, -0.05) is 0 Å². The maximum Gasteiger partial charge on any atom is 1.00 e. The summed E-state index contributed by atoms with van der Waals surface area (Å²) in [7, 11) is -2.26. The first-order valence-electron chi connectivity index (χ1n) is 5.23. The standard InChI is InChI=1S/C11H16O5S.Na.H/c1-15-10-4-6-11(7-5-10)16-8-2-3-9-17(12,13)14;;/h4-7H,2-3,8-9H2,1H3,(H,12,13,14);;/q;+1;-1. The Hall–Kier alpha value is -0.270. The van der Waals surface area contributed by atoms with E-state index in [2.05, 4.69) is 0 Å². The zero-order chi connectivity index (χ0) is 12.7. The van der Waals surface area contributed by atoms with Gasteiger partial charge in [0.1, 0.15) is 11.5 Å². The van der Waals surface area contributed by atoms with Crippen LogP contribution >= 0.6 is 0 Å². The predicted octanol–water partition coefficient (Wildman–Crippen LogP) is -1.14. The van der Waals surface area contributed by atoms with Crippen LogP contribution in [-0.4, -0.2) is 32.4 Å². The molecule has 1 N–H and O–H groups in total. The van der Waals surface area contributed by atoms with E-state index in [4.69, 9.17) is 14.0 Å². The Balaban J connectivity index is 0. The van der Waals surface area contributed by atoms with E-state index in [1.54, 1.807) is 31.4 Å². The summed E-state index contributed by atoms with van der Waals surface area (Å²) in [4.78, 5) is 0. The molecule has 0 aliphatic carbocycles. The van der Waals surface area contributed by atoms with E-state index in [0.717, 1.165) is 5.75 Å². The average Bonchev–Trinajstić information content (AvgIpc) is 2.28. The van der Waals surface area contributed by atoms with Gasteiger partial charge < -0.3 is 10.9 Å². The fourth-order valence-electron chi connectivity index (χ4n) is 1.25. The molecule has 5 nitrogen and oxygen atoms in total. The van der Waals surface area contributed by atoms with E-state index in [1.807, 2.05) is 0 Å². The number of methoxy groups -OCH3 is 1. The van der Waals surface area contributed by atoms with Crippen molar-refractivity contribution in [1.82, 2.24) is 0 Å². The van der Waals surface area contributed by atoms with E-state index < -0.39 is 10.1 Å². The van der Waals surface area contributed by atoms with Crippen molar-refractivity contribution in [1.29, 1.82) is 0 Å². The molecule has 18 heavy (non-hydrogen) atoms. The topological polar surface area (TPSA) is 72.8 Å². The minimum atomic E-state index is -3.85. The van der Waals surface area contributed by atoms with Gasteiger partial charge in [-0.2, -0.15) is 8.42 Å². The molecule has 0 aliphatic rings. The molecule has 0 spiro atoms. The largest absolute Gasteiger partial charge is 1.00 e. The molecule has 0 heterocycles. The second-order valence-corrected chi connectivity index (χ2v) is 5.09. The van der Waals surface area contributed by atoms with Crippen molar-refractivity contribution in [2.75, 3.05) is 19.5 Å². The molecule has 0 aliphatic heterocycles. The van der Waals surface area contributed by atoms with Crippen molar-refractivity contribution in [3.8, 4) is 11.5 Å². The molecule has 7 heteroatoms. The van der Waals surface area contributed by atoms with Crippen molar-refractivity contribution in [3.63, 3.8) is 0 Å². The second kappa shape index (κ2) is 8.77. The Labute approximate surface area is 131 Å². The molecule has 98 valence electrons. The van der Waals surface area contributed by atoms with Gasteiger partial charge in [-0.05, 0) is 37.1 Å². The maximum atomic E-state index is 10.4. The molecule has 0 unspecified atom stereocenters. The fraction of sp³-hybridized carbons (Fsp3) is 0.455. The predicted molar refractivity (Wildman–Crippen MR) is 65.3 cm³/mol. The van der Waals surface area contributed by atoms with Gasteiger partial charge in [-0.25, -0.2) is 0 Å². The summed E-state index contributed by atoms with van der Waals surface area (Å²) < 4.78 is 39.8. The van der Waals surface area contributed by atoms with Gasteiger partial charge in [0, 0.05) is 0 Å². The van der Waals surface area contributed by atoms with Crippen LogP contribution in [0, 0.1) is 0 Å². The summed E-state index contributed by atoms with van der Waals surface area (Å²) in [6.07, 6.45) is 0.959. The molecule has 1 rings (SSSR count). The summed E-state index contributed by atoms with van der Waals surface area (Å²) in [5.74, 6) is 1.24. The van der Waals surface area contributed by atoms with E-state index in [0.29, 0.717) is 25.2 Å². The Morgan fingerprint density at radius 1 is 1.17 bits per heavy atom. The van der Waals surface area contributed by atoms with Crippen molar-refractivity contribution in [2.45, 2.75) is 12.8 Å². The SMILES string of the molecule is COc1ccc(OCCCCS(=O)(=O)O)cc1.[H-].[Na+]. The monoisotopic (exact) mass is 284 g/mol. The van der Waals surface area contributed by atoms with Crippen LogP contribution in [0.1, 0.15) is 14.3 Å². The number of unbranched alkanes of at least 4 members (excludes halogenated alkanes) is 1. The summed E-state index contributed by atoms with van der Waals surface area (Å²) in [5.41, 5.74) is 0. The Morgan fingerprint density at radius 3 is 2.22 bits per heavy atom. The zero-order valence-electron chi connectivity index (χ0n) is 11.6. The molecule has 0 aromatic heterocycles. The molecule has 0 radical (unpaired) electrons. The normalized spacial score (nSPS) is 10.6. The van der Waals surface area contributed by atoms with E-state index in [9.17, 15) is 8.42 Å². The van der Waals surface area contributed by atoms with E-state index in [-0.39, 0.29) is 36.7 Å². The molecule has 0 amide bonds. The summed E-state index contributed by atoms with van der Waals surface area (Å²) in [6, 6.07) is 7.13. The Kier molecular flexibility index (Phi) is 8.64. The van der Waals surface area contributed by atoms with Crippen LogP contribution < -0.4 is 39.0 Å². The molecule has 0 bridgehead atoms. The molecule has 1 aromatic carbocycles. The van der Waals surface area contributed by atoms with Gasteiger partial charge >= 0.3 is 29.6 Å². The van der Waals surface area contributed by atoms with Crippen LogP contribution in [0.3, 0.4) is 0 Å². The number of rotatable bonds is 7. The first-order chi connectivity index (χ1) is 8.01. The summed E-state index contributed by atoms with van der Waals surface area (Å²) in [5, 5.41) is 0. The van der Waals surface area contributed by atoms with Crippen molar-refractivity contribution in [3.05, 3.63) is 24.3 Å². The van der Waals surface area contributed by atoms with E-state index in [1.165, 1.54) is 0 Å². The molecule has 0 saturated carbocycles. The van der Waals surface area contributed by atoms with Gasteiger partial charge in [0.25, 0.3) is 10.1 Å². The number of benzene rings is 1. The third-order valence-electron chi connectivity index (χ3n) is 2.12. The maximum absolute atomic E-state index is 10.4. The fourth-order valence-corrected chi connectivity index (χ4v) is 1.82. The first-order valence-corrected chi connectivity index (χ1v) is 6.84. The summed E-state index contributed by atoms with van der Waals surface area (Å²) >= 11 is 0. The number of ether oxygens (including phenoxy) is 2. The van der Waals surface area contributed by atoms with Gasteiger partial charge in [0.2, 0.25) is 0 Å². The van der Waals surface area contributed by atoms with Gasteiger partial charge in [-0.15, -0.1) is 0 Å². The Bertz CT molecular complexity index is 435. The molecular weight excluding hydrogens is 267 g/mol. The smallest absolute Gasteiger partial charge is 1.00 e. The summed E-state index contributed by atoms with van der Waals surface area (Å²) in [6.45, 7) is 0.419. The van der Waals surface area contributed by atoms with E-state index >= 15 is 0 Å². The second-order valence-electron chi connectivity index (χ2n) is 3.52. The van der Waals surface area contributed by atoms with Crippen molar-refractivity contribution < 1.29 is 53.4 Å². The number of hydrogen-bond acceptors (Lipinski definition) is 4. The van der Waals surface area contributed by atoms with Crippen LogP contribution in [0.5, 0.6) is 11.5 Å². The zero-order valence-corrected chi connectivity index (χ0v) is 13.4. The molecule has 0 atom stereocenters. The first kappa shape index (κ1) is 17.7. The van der Waals surface area contributed by atoms with Crippen LogP contribution in [0.4, 0.5) is 0 Å². The third-order valence-corrected chi connectivity index (χ3v) is 2.93. The molecule has 0 fully saturated rings. The average molecular weight is 284 g/mol. The minimum absolute atomic E-state index is 0. The van der Waals surface area contributed by atoms with Crippen LogP contribution in [0.2, 0.25) is 0 Å². The van der Waals surface area contributed by atoms with Gasteiger partial charge in [-0.3, -0.25) is 4.55 Å². The minimum Gasteiger partial charge on any atom is -1.00 e. The van der Waals surface area contributed by atoms with Crippen LogP contribution in [-0.2, 0) is 10.1 Å². The molecule has 0 saturated heterocycles. The van der Waals surface area contributed by atoms with Crippen molar-refractivity contribution in [2.24, 2.45) is 0 Å². The molecule has 1 aromatic rings. The van der Waals surface area contributed by atoms with Crippen LogP contribution in [0.15, 0.2) is 24.3 Å². The number of hydrogen-bond donors (Lipinski definition) is 1. The quantitative estimate of drug-likeness (QED) is 0.389. The Morgan fingerprint density at radius 2 is 1.72 bits per heavy atom. The van der Waals surface area contributed by atoms with Gasteiger partial charge in [0.15, 0.2) is 0 Å². The van der Waals surface area contributed by atoms with Crippen LogP contribution in [0.25, 0.3) is 0 Å². The van der Waals surface area contributed by atoms with Gasteiger partial charge in [0.05, 0.1) is 19.5 Å². The van der Waals surface area contributed by atoms with Crippen molar-refractivity contribution >= 4 is 10.1 Å². The molecular formula is C11H17NaO5S. The third kappa shape index (κ3) is 7.94.